The van der Waals surface area contributed by atoms with Gasteiger partial charge in [0.25, 0.3) is 0 Å². The number of benzene rings is 2. The average molecular weight is 339 g/mol. The lowest BCUT2D eigenvalue weighted by Crippen LogP contribution is -1.99. The molecular formula is C15H15BrO2S. The SMILES string of the molecule is OCc1ccc(SCCOc2cccc(Br)c2)cc1. The van der Waals surface area contributed by atoms with Crippen molar-refractivity contribution in [3.63, 3.8) is 0 Å². The van der Waals surface area contributed by atoms with Crippen LogP contribution in [0.5, 0.6) is 5.75 Å². The summed E-state index contributed by atoms with van der Waals surface area (Å²) in [4.78, 5) is 1.19. The molecule has 2 nitrogen and oxygen atoms in total. The van der Waals surface area contributed by atoms with Gasteiger partial charge in [0, 0.05) is 15.1 Å². The van der Waals surface area contributed by atoms with Crippen LogP contribution in [0.15, 0.2) is 57.9 Å². The zero-order valence-electron chi connectivity index (χ0n) is 10.4. The van der Waals surface area contributed by atoms with Gasteiger partial charge in [-0.15, -0.1) is 11.8 Å². The topological polar surface area (TPSA) is 29.5 Å². The van der Waals surface area contributed by atoms with Crippen LogP contribution in [-0.2, 0) is 6.61 Å². The maximum Gasteiger partial charge on any atom is 0.120 e. The first kappa shape index (κ1) is 14.4. The number of aliphatic hydroxyl groups excluding tert-OH is 1. The Kier molecular flexibility index (Phi) is 5.76. The quantitative estimate of drug-likeness (QED) is 0.634. The third-order valence-electron chi connectivity index (χ3n) is 2.52. The van der Waals surface area contributed by atoms with Crippen LogP contribution in [0, 0.1) is 0 Å². The fourth-order valence-corrected chi connectivity index (χ4v) is 2.68. The Labute approximate surface area is 125 Å². The van der Waals surface area contributed by atoms with Gasteiger partial charge in [-0.1, -0.05) is 34.1 Å². The number of hydrogen-bond donors (Lipinski definition) is 1. The van der Waals surface area contributed by atoms with E-state index in [0.717, 1.165) is 21.5 Å². The smallest absolute Gasteiger partial charge is 0.120 e. The number of rotatable bonds is 6. The predicted molar refractivity (Wildman–Crippen MR) is 82.7 cm³/mol. The number of halogens is 1. The van der Waals surface area contributed by atoms with Crippen molar-refractivity contribution >= 4 is 27.7 Å². The van der Waals surface area contributed by atoms with E-state index in [-0.39, 0.29) is 6.61 Å². The summed E-state index contributed by atoms with van der Waals surface area (Å²) in [5.41, 5.74) is 0.940. The molecule has 0 aliphatic rings. The number of ether oxygens (including phenoxy) is 1. The fraction of sp³-hybridized carbons (Fsp3) is 0.200. The van der Waals surface area contributed by atoms with Gasteiger partial charge < -0.3 is 9.84 Å². The zero-order chi connectivity index (χ0) is 13.5. The Balaban J connectivity index is 1.74. The van der Waals surface area contributed by atoms with E-state index in [4.69, 9.17) is 9.84 Å². The molecule has 0 fully saturated rings. The summed E-state index contributed by atoms with van der Waals surface area (Å²) in [6.45, 7) is 0.764. The third kappa shape index (κ3) is 4.90. The van der Waals surface area contributed by atoms with Gasteiger partial charge in [0.15, 0.2) is 0 Å². The minimum Gasteiger partial charge on any atom is -0.493 e. The molecule has 0 aromatic heterocycles. The molecule has 0 atom stereocenters. The van der Waals surface area contributed by atoms with Crippen LogP contribution < -0.4 is 4.74 Å². The average Bonchev–Trinajstić information content (AvgIpc) is 2.44. The lowest BCUT2D eigenvalue weighted by molar-refractivity contribution is 0.282. The summed E-state index contributed by atoms with van der Waals surface area (Å²) < 4.78 is 6.69. The third-order valence-corrected chi connectivity index (χ3v) is 3.99. The molecule has 100 valence electrons. The van der Waals surface area contributed by atoms with Gasteiger partial charge in [-0.25, -0.2) is 0 Å². The van der Waals surface area contributed by atoms with Crippen molar-refractivity contribution in [2.75, 3.05) is 12.4 Å². The predicted octanol–water partition coefficient (Wildman–Crippen LogP) is 4.11. The summed E-state index contributed by atoms with van der Waals surface area (Å²) in [5.74, 6) is 1.77. The zero-order valence-corrected chi connectivity index (χ0v) is 12.8. The van der Waals surface area contributed by atoms with Crippen LogP contribution in [-0.4, -0.2) is 17.5 Å². The first-order valence-electron chi connectivity index (χ1n) is 5.99. The van der Waals surface area contributed by atoms with Gasteiger partial charge >= 0.3 is 0 Å². The van der Waals surface area contributed by atoms with Crippen molar-refractivity contribution < 1.29 is 9.84 Å². The van der Waals surface area contributed by atoms with E-state index >= 15 is 0 Å². The Bertz CT molecular complexity index is 514. The van der Waals surface area contributed by atoms with E-state index in [2.05, 4.69) is 15.9 Å². The van der Waals surface area contributed by atoms with Gasteiger partial charge in [-0.05, 0) is 35.9 Å². The first-order valence-corrected chi connectivity index (χ1v) is 7.77. The molecule has 0 aliphatic carbocycles. The van der Waals surface area contributed by atoms with Gasteiger partial charge in [0.05, 0.1) is 13.2 Å². The molecule has 2 rings (SSSR count). The molecular weight excluding hydrogens is 324 g/mol. The lowest BCUT2D eigenvalue weighted by atomic mass is 10.2. The highest BCUT2D eigenvalue weighted by atomic mass is 79.9. The highest BCUT2D eigenvalue weighted by Crippen LogP contribution is 2.20. The molecule has 0 saturated heterocycles. The Morgan fingerprint density at radius 3 is 2.58 bits per heavy atom. The second-order valence-electron chi connectivity index (χ2n) is 3.96. The van der Waals surface area contributed by atoms with Crippen LogP contribution in [0.25, 0.3) is 0 Å². The number of hydrogen-bond acceptors (Lipinski definition) is 3. The highest BCUT2D eigenvalue weighted by molar-refractivity contribution is 9.10. The molecule has 0 saturated carbocycles. The molecule has 4 heteroatoms. The van der Waals surface area contributed by atoms with Gasteiger partial charge in [-0.2, -0.15) is 0 Å². The van der Waals surface area contributed by atoms with Crippen LogP contribution in [0.2, 0.25) is 0 Å². The number of thioether (sulfide) groups is 1. The van der Waals surface area contributed by atoms with Crippen molar-refractivity contribution in [3.8, 4) is 5.75 Å². The van der Waals surface area contributed by atoms with Crippen LogP contribution in [0.4, 0.5) is 0 Å². The summed E-state index contributed by atoms with van der Waals surface area (Å²) >= 11 is 5.16. The van der Waals surface area contributed by atoms with Crippen LogP contribution in [0.3, 0.4) is 0 Å². The van der Waals surface area contributed by atoms with E-state index in [1.54, 1.807) is 11.8 Å². The summed E-state index contributed by atoms with van der Waals surface area (Å²) in [5, 5.41) is 8.96. The monoisotopic (exact) mass is 338 g/mol. The van der Waals surface area contributed by atoms with Crippen molar-refractivity contribution in [1.29, 1.82) is 0 Å². The summed E-state index contributed by atoms with van der Waals surface area (Å²) in [7, 11) is 0. The molecule has 0 unspecified atom stereocenters. The van der Waals surface area contributed by atoms with E-state index in [1.807, 2.05) is 48.5 Å². The Hall–Kier alpha value is -0.970. The lowest BCUT2D eigenvalue weighted by Gasteiger charge is -2.06. The molecule has 1 N–H and O–H groups in total. The fourth-order valence-electron chi connectivity index (χ4n) is 1.57. The van der Waals surface area contributed by atoms with E-state index in [1.165, 1.54) is 4.90 Å². The van der Waals surface area contributed by atoms with E-state index < -0.39 is 0 Å². The van der Waals surface area contributed by atoms with Gasteiger partial charge in [-0.3, -0.25) is 0 Å². The van der Waals surface area contributed by atoms with E-state index in [0.29, 0.717) is 6.61 Å². The maximum atomic E-state index is 8.96. The minimum absolute atomic E-state index is 0.0942. The summed E-state index contributed by atoms with van der Waals surface area (Å²) in [6, 6.07) is 15.8. The second kappa shape index (κ2) is 7.58. The normalized spacial score (nSPS) is 10.4. The highest BCUT2D eigenvalue weighted by Gasteiger charge is 1.97. The first-order chi connectivity index (χ1) is 9.28. The van der Waals surface area contributed by atoms with Crippen LogP contribution in [0.1, 0.15) is 5.56 Å². The largest absolute Gasteiger partial charge is 0.493 e. The second-order valence-corrected chi connectivity index (χ2v) is 6.04. The van der Waals surface area contributed by atoms with Crippen molar-refractivity contribution in [2.45, 2.75) is 11.5 Å². The molecule has 0 spiro atoms. The molecule has 2 aromatic carbocycles. The van der Waals surface area contributed by atoms with Crippen molar-refractivity contribution in [2.24, 2.45) is 0 Å². The molecule has 0 amide bonds. The minimum atomic E-state index is 0.0942. The standard InChI is InChI=1S/C15H15BrO2S/c16-13-2-1-3-14(10-13)18-8-9-19-15-6-4-12(11-17)5-7-15/h1-7,10,17H,8-9,11H2. The Morgan fingerprint density at radius 2 is 1.89 bits per heavy atom. The van der Waals surface area contributed by atoms with Crippen molar-refractivity contribution in [1.82, 2.24) is 0 Å². The molecule has 0 bridgehead atoms. The van der Waals surface area contributed by atoms with Gasteiger partial charge in [0.1, 0.15) is 5.75 Å². The van der Waals surface area contributed by atoms with Crippen molar-refractivity contribution in [3.05, 3.63) is 58.6 Å². The Morgan fingerprint density at radius 1 is 1.11 bits per heavy atom. The number of aliphatic hydroxyl groups is 1. The molecule has 0 aliphatic heterocycles. The van der Waals surface area contributed by atoms with Gasteiger partial charge in [0.2, 0.25) is 0 Å². The summed E-state index contributed by atoms with van der Waals surface area (Å²) in [6.07, 6.45) is 0. The molecule has 19 heavy (non-hydrogen) atoms. The van der Waals surface area contributed by atoms with Crippen LogP contribution >= 0.6 is 27.7 Å². The van der Waals surface area contributed by atoms with E-state index in [9.17, 15) is 0 Å². The molecule has 0 heterocycles. The molecule has 2 aromatic rings. The molecule has 0 radical (unpaired) electrons. The maximum absolute atomic E-state index is 8.96.